The van der Waals surface area contributed by atoms with Crippen LogP contribution in [0.1, 0.15) is 41.5 Å². The minimum Gasteiger partial charge on any atom is -0.284 e. The molecule has 0 aliphatic carbocycles. The molecule has 0 saturated carbocycles. The highest BCUT2D eigenvalue weighted by Crippen LogP contribution is 2.15. The van der Waals surface area contributed by atoms with Crippen molar-refractivity contribution < 1.29 is 9.59 Å². The van der Waals surface area contributed by atoms with E-state index in [1.54, 1.807) is 41.5 Å². The van der Waals surface area contributed by atoms with Crippen LogP contribution in [0.2, 0.25) is 0 Å². The monoisotopic (exact) mass is 194 g/mol. The van der Waals surface area contributed by atoms with Crippen LogP contribution in [-0.4, -0.2) is 11.6 Å². The first-order chi connectivity index (χ1) is 6.05. The molecule has 0 aromatic heterocycles. The predicted octanol–water partition coefficient (Wildman–Crippen LogP) is 2.22. The number of Topliss-reactive ketones (excluding diaryl/α,β-unsaturated/α-hetero) is 2. The van der Waals surface area contributed by atoms with E-state index in [9.17, 15) is 9.59 Å². The quantitative estimate of drug-likeness (QED) is 0.437. The summed E-state index contributed by atoms with van der Waals surface area (Å²) in [5, 5.41) is 0. The summed E-state index contributed by atoms with van der Waals surface area (Å²) in [6, 6.07) is 0. The highest BCUT2D eigenvalue weighted by Gasteiger charge is 2.21. The Kier molecular flexibility index (Phi) is 3.65. The number of carbonyl (C=O) groups is 2. The van der Waals surface area contributed by atoms with E-state index in [-0.39, 0.29) is 11.6 Å². The third-order valence-corrected chi connectivity index (χ3v) is 1.65. The van der Waals surface area contributed by atoms with E-state index in [4.69, 9.17) is 0 Å². The van der Waals surface area contributed by atoms with Gasteiger partial charge in [-0.2, -0.15) is 0 Å². The number of ketones is 2. The van der Waals surface area contributed by atoms with Crippen LogP contribution in [0.5, 0.6) is 0 Å². The molecule has 0 N–H and O–H groups in total. The van der Waals surface area contributed by atoms with Crippen molar-refractivity contribution in [2.24, 2.45) is 10.8 Å². The molecule has 0 aromatic rings. The Balaban J connectivity index is 4.64. The van der Waals surface area contributed by atoms with Gasteiger partial charge in [-0.3, -0.25) is 9.59 Å². The van der Waals surface area contributed by atoms with Crippen LogP contribution in [0.25, 0.3) is 0 Å². The molecular formula is C12H18O2. The molecule has 0 aliphatic heterocycles. The molecule has 0 atom stereocenters. The third kappa shape index (κ3) is 4.23. The van der Waals surface area contributed by atoms with Crippen LogP contribution in [0.15, 0.2) is 0 Å². The summed E-state index contributed by atoms with van der Waals surface area (Å²) in [4.78, 5) is 22.7. The molecule has 14 heavy (non-hydrogen) atoms. The molecule has 0 radical (unpaired) electrons. The SMILES string of the molecule is CC(C)(C)C(=O)C#CC(=O)C(C)(C)C. The number of hydrogen-bond acceptors (Lipinski definition) is 2. The summed E-state index contributed by atoms with van der Waals surface area (Å²) in [6.45, 7) is 10.7. The van der Waals surface area contributed by atoms with Crippen LogP contribution in [0.3, 0.4) is 0 Å². The Hall–Kier alpha value is -1.10. The van der Waals surface area contributed by atoms with E-state index in [2.05, 4.69) is 11.8 Å². The second-order valence-corrected chi connectivity index (χ2v) is 5.41. The second-order valence-electron chi connectivity index (χ2n) is 5.41. The largest absolute Gasteiger partial charge is 0.284 e. The summed E-state index contributed by atoms with van der Waals surface area (Å²) in [5.41, 5.74) is -0.990. The lowest BCUT2D eigenvalue weighted by Gasteiger charge is -2.12. The van der Waals surface area contributed by atoms with E-state index in [0.717, 1.165) is 0 Å². The average Bonchev–Trinajstić information content (AvgIpc) is 1.95. The highest BCUT2D eigenvalue weighted by molar-refractivity contribution is 6.07. The molecule has 0 saturated heterocycles. The van der Waals surface area contributed by atoms with Crippen molar-refractivity contribution in [2.45, 2.75) is 41.5 Å². The Labute approximate surface area is 86.1 Å². The van der Waals surface area contributed by atoms with E-state index in [1.807, 2.05) is 0 Å². The van der Waals surface area contributed by atoms with Crippen LogP contribution in [0.4, 0.5) is 0 Å². The molecule has 0 heterocycles. The molecule has 0 fully saturated rings. The Bertz CT molecular complexity index is 270. The van der Waals surface area contributed by atoms with Gasteiger partial charge in [0.15, 0.2) is 0 Å². The van der Waals surface area contributed by atoms with Crippen molar-refractivity contribution in [1.29, 1.82) is 0 Å². The first-order valence-electron chi connectivity index (χ1n) is 4.66. The van der Waals surface area contributed by atoms with Crippen molar-refractivity contribution in [3.05, 3.63) is 0 Å². The maximum Gasteiger partial charge on any atom is 0.211 e. The van der Waals surface area contributed by atoms with E-state index in [1.165, 1.54) is 0 Å². The van der Waals surface area contributed by atoms with Gasteiger partial charge in [0.25, 0.3) is 0 Å². The number of hydrogen-bond donors (Lipinski definition) is 0. The van der Waals surface area contributed by atoms with Crippen LogP contribution in [0, 0.1) is 22.7 Å². The summed E-state index contributed by atoms with van der Waals surface area (Å²) < 4.78 is 0. The van der Waals surface area contributed by atoms with Crippen molar-refractivity contribution >= 4 is 11.6 Å². The van der Waals surface area contributed by atoms with E-state index >= 15 is 0 Å². The first kappa shape index (κ1) is 12.9. The Morgan fingerprint density at radius 1 is 0.714 bits per heavy atom. The molecule has 0 spiro atoms. The minimum absolute atomic E-state index is 0.199. The Morgan fingerprint density at radius 2 is 0.929 bits per heavy atom. The molecule has 0 rings (SSSR count). The molecule has 78 valence electrons. The molecule has 0 bridgehead atoms. The van der Waals surface area contributed by atoms with Crippen molar-refractivity contribution in [1.82, 2.24) is 0 Å². The molecule has 0 unspecified atom stereocenters. The summed E-state index contributed by atoms with van der Waals surface area (Å²) in [5.74, 6) is 4.38. The molecule has 0 aliphatic rings. The van der Waals surface area contributed by atoms with Gasteiger partial charge in [0.2, 0.25) is 11.6 Å². The van der Waals surface area contributed by atoms with Gasteiger partial charge in [0, 0.05) is 10.8 Å². The predicted molar refractivity (Wildman–Crippen MR) is 56.7 cm³/mol. The zero-order valence-corrected chi connectivity index (χ0v) is 9.82. The third-order valence-electron chi connectivity index (χ3n) is 1.65. The van der Waals surface area contributed by atoms with Gasteiger partial charge in [0.1, 0.15) is 0 Å². The van der Waals surface area contributed by atoms with Crippen LogP contribution in [-0.2, 0) is 9.59 Å². The van der Waals surface area contributed by atoms with Gasteiger partial charge in [0.05, 0.1) is 0 Å². The lowest BCUT2D eigenvalue weighted by atomic mass is 9.89. The summed E-state index contributed by atoms with van der Waals surface area (Å²) >= 11 is 0. The van der Waals surface area contributed by atoms with Gasteiger partial charge in [-0.25, -0.2) is 0 Å². The van der Waals surface area contributed by atoms with E-state index < -0.39 is 10.8 Å². The fourth-order valence-corrected chi connectivity index (χ4v) is 0.489. The first-order valence-corrected chi connectivity index (χ1v) is 4.66. The van der Waals surface area contributed by atoms with Gasteiger partial charge in [-0.1, -0.05) is 41.5 Å². The molecule has 2 nitrogen and oxygen atoms in total. The zero-order chi connectivity index (χ0) is 11.6. The standard InChI is InChI=1S/C12H18O2/c1-11(2,3)9(13)7-8-10(14)12(4,5)6/h1-6H3. The molecule has 2 heteroatoms. The van der Waals surface area contributed by atoms with Gasteiger partial charge in [-0.15, -0.1) is 0 Å². The number of rotatable bonds is 0. The maximum absolute atomic E-state index is 11.4. The fourth-order valence-electron chi connectivity index (χ4n) is 0.489. The van der Waals surface area contributed by atoms with Gasteiger partial charge < -0.3 is 0 Å². The fraction of sp³-hybridized carbons (Fsp3) is 0.667. The van der Waals surface area contributed by atoms with E-state index in [0.29, 0.717) is 0 Å². The van der Waals surface area contributed by atoms with Crippen molar-refractivity contribution in [3.8, 4) is 11.8 Å². The average molecular weight is 194 g/mol. The number of carbonyl (C=O) groups excluding carboxylic acids is 2. The lowest BCUT2D eigenvalue weighted by Crippen LogP contribution is -2.21. The van der Waals surface area contributed by atoms with Crippen LogP contribution >= 0.6 is 0 Å². The molecular weight excluding hydrogens is 176 g/mol. The zero-order valence-electron chi connectivity index (χ0n) is 9.82. The normalized spacial score (nSPS) is 11.6. The van der Waals surface area contributed by atoms with Crippen molar-refractivity contribution in [3.63, 3.8) is 0 Å². The maximum atomic E-state index is 11.4. The second kappa shape index (κ2) is 3.96. The molecule has 0 amide bonds. The minimum atomic E-state index is -0.495. The lowest BCUT2D eigenvalue weighted by molar-refractivity contribution is -0.122. The van der Waals surface area contributed by atoms with Gasteiger partial charge >= 0.3 is 0 Å². The topological polar surface area (TPSA) is 34.1 Å². The smallest absolute Gasteiger partial charge is 0.211 e. The van der Waals surface area contributed by atoms with Crippen molar-refractivity contribution in [2.75, 3.05) is 0 Å². The molecule has 0 aromatic carbocycles. The van der Waals surface area contributed by atoms with Crippen LogP contribution < -0.4 is 0 Å². The van der Waals surface area contributed by atoms with Gasteiger partial charge in [-0.05, 0) is 11.8 Å². The Morgan fingerprint density at radius 3 is 1.07 bits per heavy atom. The summed E-state index contributed by atoms with van der Waals surface area (Å²) in [6.07, 6.45) is 0. The summed E-state index contributed by atoms with van der Waals surface area (Å²) in [7, 11) is 0. The highest BCUT2D eigenvalue weighted by atomic mass is 16.1.